The van der Waals surface area contributed by atoms with Crippen LogP contribution in [-0.4, -0.2) is 47.2 Å². The topological polar surface area (TPSA) is 20.3 Å². The molecule has 1 rings (SSSR count). The van der Waals surface area contributed by atoms with Gasteiger partial charge in [-0.15, -0.1) is 23.4 Å². The molecule has 1 atom stereocenters. The molecule has 0 aromatic heterocycles. The Labute approximate surface area is 97.3 Å². The van der Waals surface area contributed by atoms with Crippen LogP contribution in [0.15, 0.2) is 0 Å². The number of nitrogens with zero attached hydrogens (tertiary/aromatic N) is 1. The standard InChI is InChI=1S/C9H14ClF2NOS/c10-3-4-13(6-8(11)12)9(14)7-2-1-5-15-7/h7-8H,1-6H2. The zero-order valence-corrected chi connectivity index (χ0v) is 9.87. The molecule has 0 spiro atoms. The Bertz CT molecular complexity index is 212. The van der Waals surface area contributed by atoms with E-state index >= 15 is 0 Å². The molecule has 0 radical (unpaired) electrons. The lowest BCUT2D eigenvalue weighted by Crippen LogP contribution is -2.41. The van der Waals surface area contributed by atoms with Crippen LogP contribution in [0.2, 0.25) is 0 Å². The van der Waals surface area contributed by atoms with Crippen molar-refractivity contribution >= 4 is 29.3 Å². The molecule has 2 nitrogen and oxygen atoms in total. The highest BCUT2D eigenvalue weighted by atomic mass is 35.5. The maximum Gasteiger partial charge on any atom is 0.255 e. The van der Waals surface area contributed by atoms with E-state index in [1.165, 1.54) is 4.90 Å². The highest BCUT2D eigenvalue weighted by Gasteiger charge is 2.28. The van der Waals surface area contributed by atoms with Crippen molar-refractivity contribution in [2.24, 2.45) is 0 Å². The third-order valence-corrected chi connectivity index (χ3v) is 3.76. The summed E-state index contributed by atoms with van der Waals surface area (Å²) in [5.74, 6) is 0.966. The summed E-state index contributed by atoms with van der Waals surface area (Å²) < 4.78 is 24.4. The first-order valence-corrected chi connectivity index (χ1v) is 6.48. The minimum atomic E-state index is -2.48. The molecule has 1 heterocycles. The van der Waals surface area contributed by atoms with Gasteiger partial charge in [-0.1, -0.05) is 0 Å². The van der Waals surface area contributed by atoms with Crippen LogP contribution in [0, 0.1) is 0 Å². The zero-order chi connectivity index (χ0) is 11.3. The fraction of sp³-hybridized carbons (Fsp3) is 0.889. The SMILES string of the molecule is O=C(C1CCCS1)N(CCCl)CC(F)F. The zero-order valence-electron chi connectivity index (χ0n) is 8.29. The monoisotopic (exact) mass is 257 g/mol. The van der Waals surface area contributed by atoms with Gasteiger partial charge in [0.25, 0.3) is 6.43 Å². The van der Waals surface area contributed by atoms with Gasteiger partial charge in [0.15, 0.2) is 0 Å². The molecule has 15 heavy (non-hydrogen) atoms. The van der Waals surface area contributed by atoms with E-state index in [1.807, 2.05) is 0 Å². The first-order chi connectivity index (χ1) is 7.15. The highest BCUT2D eigenvalue weighted by Crippen LogP contribution is 2.27. The summed E-state index contributed by atoms with van der Waals surface area (Å²) in [6.07, 6.45) is -0.695. The van der Waals surface area contributed by atoms with Crippen molar-refractivity contribution in [3.05, 3.63) is 0 Å². The molecule has 1 fully saturated rings. The molecule has 0 aromatic rings. The highest BCUT2D eigenvalue weighted by molar-refractivity contribution is 8.00. The van der Waals surface area contributed by atoms with Gasteiger partial charge >= 0.3 is 0 Å². The molecular formula is C9H14ClF2NOS. The van der Waals surface area contributed by atoms with Gasteiger partial charge in [-0.2, -0.15) is 0 Å². The molecule has 0 bridgehead atoms. The second kappa shape index (κ2) is 6.53. The van der Waals surface area contributed by atoms with E-state index in [2.05, 4.69) is 0 Å². The average molecular weight is 258 g/mol. The molecule has 1 aliphatic rings. The van der Waals surface area contributed by atoms with Crippen molar-refractivity contribution in [1.29, 1.82) is 0 Å². The summed E-state index contributed by atoms with van der Waals surface area (Å²) in [6.45, 7) is -0.287. The van der Waals surface area contributed by atoms with Gasteiger partial charge in [0, 0.05) is 12.4 Å². The van der Waals surface area contributed by atoms with E-state index in [-0.39, 0.29) is 23.6 Å². The molecule has 88 valence electrons. The summed E-state index contributed by atoms with van der Waals surface area (Å²) in [7, 11) is 0. The number of carbonyl (C=O) groups is 1. The number of rotatable bonds is 5. The molecule has 0 aliphatic carbocycles. The van der Waals surface area contributed by atoms with Crippen LogP contribution in [0.1, 0.15) is 12.8 Å². The number of hydrogen-bond donors (Lipinski definition) is 0. The van der Waals surface area contributed by atoms with E-state index in [4.69, 9.17) is 11.6 Å². The first-order valence-electron chi connectivity index (χ1n) is 4.89. The van der Waals surface area contributed by atoms with Crippen molar-refractivity contribution in [3.63, 3.8) is 0 Å². The number of hydrogen-bond acceptors (Lipinski definition) is 2. The first kappa shape index (κ1) is 13.0. The van der Waals surface area contributed by atoms with Crippen LogP contribution in [0.5, 0.6) is 0 Å². The van der Waals surface area contributed by atoms with E-state index in [0.29, 0.717) is 0 Å². The second-order valence-corrected chi connectivity index (χ2v) is 5.05. The van der Waals surface area contributed by atoms with Gasteiger partial charge in [-0.25, -0.2) is 8.78 Å². The van der Waals surface area contributed by atoms with Crippen molar-refractivity contribution in [1.82, 2.24) is 4.90 Å². The summed E-state index contributed by atoms with van der Waals surface area (Å²) in [4.78, 5) is 13.0. The maximum absolute atomic E-state index is 12.2. The number of carbonyl (C=O) groups excluding carboxylic acids is 1. The van der Waals surface area contributed by atoms with Gasteiger partial charge in [-0.3, -0.25) is 4.79 Å². The maximum atomic E-state index is 12.2. The minimum Gasteiger partial charge on any atom is -0.335 e. The van der Waals surface area contributed by atoms with Gasteiger partial charge in [0.1, 0.15) is 0 Å². The van der Waals surface area contributed by atoms with Gasteiger partial charge < -0.3 is 4.90 Å². The third-order valence-electron chi connectivity index (χ3n) is 2.23. The summed E-state index contributed by atoms with van der Waals surface area (Å²) in [6, 6.07) is 0. The Kier molecular flexibility index (Phi) is 5.68. The smallest absolute Gasteiger partial charge is 0.255 e. The van der Waals surface area contributed by atoms with Crippen molar-refractivity contribution in [2.75, 3.05) is 24.7 Å². The fourth-order valence-corrected chi connectivity index (χ4v) is 2.98. The third kappa shape index (κ3) is 4.15. The van der Waals surface area contributed by atoms with Crippen molar-refractivity contribution in [2.45, 2.75) is 24.5 Å². The molecule has 0 saturated carbocycles. The van der Waals surface area contributed by atoms with Gasteiger partial charge in [-0.05, 0) is 18.6 Å². The molecule has 1 aliphatic heterocycles. The fourth-order valence-electron chi connectivity index (χ4n) is 1.54. The van der Waals surface area contributed by atoms with E-state index in [1.54, 1.807) is 11.8 Å². The number of thioether (sulfide) groups is 1. The molecule has 0 aromatic carbocycles. The van der Waals surface area contributed by atoms with Crippen LogP contribution >= 0.6 is 23.4 Å². The molecular weight excluding hydrogens is 244 g/mol. The summed E-state index contributed by atoms with van der Waals surface area (Å²) in [5, 5.41) is -0.132. The van der Waals surface area contributed by atoms with Crippen LogP contribution in [0.4, 0.5) is 8.78 Å². The van der Waals surface area contributed by atoms with Crippen LogP contribution in [0.3, 0.4) is 0 Å². The predicted octanol–water partition coefficient (Wildman–Crippen LogP) is 2.21. The number of halogens is 3. The van der Waals surface area contributed by atoms with E-state index in [0.717, 1.165) is 18.6 Å². The van der Waals surface area contributed by atoms with Gasteiger partial charge in [0.05, 0.1) is 11.8 Å². The summed E-state index contributed by atoms with van der Waals surface area (Å²) >= 11 is 7.04. The normalized spacial score (nSPS) is 20.9. The Morgan fingerprint density at radius 2 is 2.33 bits per heavy atom. The Morgan fingerprint density at radius 1 is 1.60 bits per heavy atom. The van der Waals surface area contributed by atoms with Gasteiger partial charge in [0.2, 0.25) is 5.91 Å². The van der Waals surface area contributed by atoms with E-state index < -0.39 is 13.0 Å². The van der Waals surface area contributed by atoms with E-state index in [9.17, 15) is 13.6 Å². The van der Waals surface area contributed by atoms with Crippen LogP contribution in [-0.2, 0) is 4.79 Å². The molecule has 6 heteroatoms. The lowest BCUT2D eigenvalue weighted by molar-refractivity contribution is -0.132. The predicted molar refractivity (Wildman–Crippen MR) is 58.8 cm³/mol. The quantitative estimate of drug-likeness (QED) is 0.704. The lowest BCUT2D eigenvalue weighted by Gasteiger charge is -2.23. The van der Waals surface area contributed by atoms with Crippen molar-refractivity contribution < 1.29 is 13.6 Å². The summed E-state index contributed by atoms with van der Waals surface area (Å²) in [5.41, 5.74) is 0. The molecule has 1 saturated heterocycles. The molecule has 0 N–H and O–H groups in total. The molecule has 1 amide bonds. The second-order valence-electron chi connectivity index (χ2n) is 3.37. The molecule has 1 unspecified atom stereocenters. The number of amides is 1. The lowest BCUT2D eigenvalue weighted by atomic mass is 10.2. The van der Waals surface area contributed by atoms with Crippen molar-refractivity contribution in [3.8, 4) is 0 Å². The Hall–Kier alpha value is -0.0300. The van der Waals surface area contributed by atoms with Crippen LogP contribution in [0.25, 0.3) is 0 Å². The number of alkyl halides is 3. The average Bonchev–Trinajstić information content (AvgIpc) is 2.68. The Morgan fingerprint density at radius 3 is 2.80 bits per heavy atom. The van der Waals surface area contributed by atoms with Crippen LogP contribution < -0.4 is 0 Å². The minimum absolute atomic E-state index is 0.132. The largest absolute Gasteiger partial charge is 0.335 e. The Balaban J connectivity index is 2.49.